The summed E-state index contributed by atoms with van der Waals surface area (Å²) in [6.07, 6.45) is 0.220. The Balaban J connectivity index is 1.81. The molecule has 2 heterocycles. The molecule has 1 amide bonds. The number of anilines is 1. The van der Waals surface area contributed by atoms with Crippen LogP contribution >= 0.6 is 27.5 Å². The molecule has 4 nitrogen and oxygen atoms in total. The highest BCUT2D eigenvalue weighted by Crippen LogP contribution is 2.42. The van der Waals surface area contributed by atoms with Crippen molar-refractivity contribution in [1.82, 2.24) is 0 Å². The third kappa shape index (κ3) is 2.87. The maximum Gasteiger partial charge on any atom is 0.336 e. The van der Waals surface area contributed by atoms with E-state index in [9.17, 15) is 9.59 Å². The van der Waals surface area contributed by atoms with Crippen molar-refractivity contribution in [3.8, 4) is 0 Å². The summed E-state index contributed by atoms with van der Waals surface area (Å²) in [5, 5.41) is 0.592. The monoisotopic (exact) mass is 417 g/mol. The second kappa shape index (κ2) is 6.32. The van der Waals surface area contributed by atoms with Crippen molar-refractivity contribution >= 4 is 45.1 Å². The number of carbonyl (C=O) groups is 2. The predicted octanol–water partition coefficient (Wildman–Crippen LogP) is 4.43. The maximum absolute atomic E-state index is 12.9. The van der Waals surface area contributed by atoms with Crippen LogP contribution in [-0.4, -0.2) is 18.5 Å². The number of amides is 1. The van der Waals surface area contributed by atoms with Gasteiger partial charge in [0.15, 0.2) is 0 Å². The average Bonchev–Trinajstić information content (AvgIpc) is 2.98. The molecule has 1 atom stereocenters. The molecule has 25 heavy (non-hydrogen) atoms. The first kappa shape index (κ1) is 16.4. The number of hydrogen-bond donors (Lipinski definition) is 0. The van der Waals surface area contributed by atoms with Crippen LogP contribution in [0.15, 0.2) is 64.3 Å². The van der Waals surface area contributed by atoms with Gasteiger partial charge in [-0.2, -0.15) is 0 Å². The van der Waals surface area contributed by atoms with Crippen LogP contribution in [0, 0.1) is 0 Å². The molecular formula is C19H13BrClNO3. The van der Waals surface area contributed by atoms with Crippen molar-refractivity contribution in [2.75, 3.05) is 11.5 Å². The van der Waals surface area contributed by atoms with Gasteiger partial charge < -0.3 is 4.74 Å². The van der Waals surface area contributed by atoms with Crippen LogP contribution in [0.3, 0.4) is 0 Å². The highest BCUT2D eigenvalue weighted by atomic mass is 79.9. The highest BCUT2D eigenvalue weighted by molar-refractivity contribution is 9.10. The second-order valence-electron chi connectivity index (χ2n) is 5.95. The minimum absolute atomic E-state index is 0.0627. The Kier molecular flexibility index (Phi) is 4.13. The van der Waals surface area contributed by atoms with E-state index in [-0.39, 0.29) is 30.8 Å². The summed E-state index contributed by atoms with van der Waals surface area (Å²) in [6.45, 7) is 0.107. The zero-order valence-electron chi connectivity index (χ0n) is 13.0. The number of halogens is 2. The molecule has 6 heteroatoms. The fraction of sp³-hybridized carbons (Fsp3) is 0.158. The van der Waals surface area contributed by atoms with E-state index < -0.39 is 0 Å². The smallest absolute Gasteiger partial charge is 0.336 e. The van der Waals surface area contributed by atoms with Gasteiger partial charge in [-0.15, -0.1) is 0 Å². The number of nitrogens with zero attached hydrogens (tertiary/aromatic N) is 1. The van der Waals surface area contributed by atoms with Crippen molar-refractivity contribution in [2.45, 2.75) is 12.3 Å². The van der Waals surface area contributed by atoms with E-state index in [2.05, 4.69) is 15.9 Å². The lowest BCUT2D eigenvalue weighted by Gasteiger charge is -2.31. The molecule has 2 aliphatic heterocycles. The Labute approximate surface area is 158 Å². The molecule has 0 spiro atoms. The van der Waals surface area contributed by atoms with Gasteiger partial charge in [0.05, 0.1) is 11.3 Å². The third-order valence-electron chi connectivity index (χ3n) is 4.47. The molecular weight excluding hydrogens is 406 g/mol. The lowest BCUT2D eigenvalue weighted by Crippen LogP contribution is -2.37. The molecule has 126 valence electrons. The standard InChI is InChI=1S/C19H13BrClNO3/c20-12-3-1-11(2-4-12)15-9-17(23)22(14-7-5-13(21)6-8-14)16-10-25-19(24)18(15)16/h1-8,15H,9-10H2. The van der Waals surface area contributed by atoms with Gasteiger partial charge in [0.1, 0.15) is 6.61 Å². The van der Waals surface area contributed by atoms with Crippen LogP contribution in [0.5, 0.6) is 0 Å². The van der Waals surface area contributed by atoms with E-state index in [1.807, 2.05) is 24.3 Å². The van der Waals surface area contributed by atoms with E-state index in [1.54, 1.807) is 29.2 Å². The minimum Gasteiger partial charge on any atom is -0.456 e. The molecule has 0 saturated heterocycles. The summed E-state index contributed by atoms with van der Waals surface area (Å²) in [6, 6.07) is 14.7. The zero-order chi connectivity index (χ0) is 17.6. The molecule has 0 fully saturated rings. The van der Waals surface area contributed by atoms with Crippen LogP contribution in [0.25, 0.3) is 0 Å². The van der Waals surface area contributed by atoms with Gasteiger partial charge in [-0.3, -0.25) is 9.69 Å². The molecule has 0 radical (unpaired) electrons. The largest absolute Gasteiger partial charge is 0.456 e. The molecule has 4 rings (SSSR count). The minimum atomic E-state index is -0.352. The summed E-state index contributed by atoms with van der Waals surface area (Å²) in [5.74, 6) is -0.698. The number of cyclic esters (lactones) is 1. The SMILES string of the molecule is O=C1OCC2=C1C(c1ccc(Br)cc1)CC(=O)N2c1ccc(Cl)cc1. The van der Waals surface area contributed by atoms with Crippen LogP contribution in [0.2, 0.25) is 5.02 Å². The molecule has 0 saturated carbocycles. The van der Waals surface area contributed by atoms with Crippen LogP contribution in [0.1, 0.15) is 17.9 Å². The van der Waals surface area contributed by atoms with E-state index in [0.717, 1.165) is 10.0 Å². The van der Waals surface area contributed by atoms with Crippen molar-refractivity contribution in [1.29, 1.82) is 0 Å². The Morgan fingerprint density at radius 1 is 1.04 bits per heavy atom. The first-order chi connectivity index (χ1) is 12.0. The van der Waals surface area contributed by atoms with Crippen LogP contribution < -0.4 is 4.90 Å². The number of ether oxygens (including phenoxy) is 1. The summed E-state index contributed by atoms with van der Waals surface area (Å²) in [4.78, 5) is 26.8. The third-order valence-corrected chi connectivity index (χ3v) is 5.26. The number of hydrogen-bond acceptors (Lipinski definition) is 3. The Hall–Kier alpha value is -2.11. The zero-order valence-corrected chi connectivity index (χ0v) is 15.4. The van der Waals surface area contributed by atoms with Gasteiger partial charge in [0.25, 0.3) is 0 Å². The molecule has 2 aromatic carbocycles. The van der Waals surface area contributed by atoms with Gasteiger partial charge in [-0.25, -0.2) is 4.79 Å². The first-order valence-electron chi connectivity index (χ1n) is 7.79. The van der Waals surface area contributed by atoms with E-state index in [1.165, 1.54) is 0 Å². The first-order valence-corrected chi connectivity index (χ1v) is 8.96. The van der Waals surface area contributed by atoms with Gasteiger partial charge in [-0.1, -0.05) is 39.7 Å². The molecule has 2 aliphatic rings. The lowest BCUT2D eigenvalue weighted by molar-refractivity contribution is -0.136. The number of benzene rings is 2. The Morgan fingerprint density at radius 2 is 1.72 bits per heavy atom. The summed E-state index contributed by atoms with van der Waals surface area (Å²) in [5.41, 5.74) is 2.81. The fourth-order valence-corrected chi connectivity index (χ4v) is 3.71. The number of carbonyl (C=O) groups excluding carboxylic acids is 2. The maximum atomic E-state index is 12.9. The van der Waals surface area contributed by atoms with Gasteiger partial charge in [-0.05, 0) is 42.0 Å². The van der Waals surface area contributed by atoms with E-state index in [0.29, 0.717) is 22.0 Å². The molecule has 0 aromatic heterocycles. The van der Waals surface area contributed by atoms with Crippen molar-refractivity contribution in [3.05, 3.63) is 74.9 Å². The van der Waals surface area contributed by atoms with Crippen molar-refractivity contribution in [2.24, 2.45) is 0 Å². The van der Waals surface area contributed by atoms with Crippen LogP contribution in [-0.2, 0) is 14.3 Å². The van der Waals surface area contributed by atoms with Crippen molar-refractivity contribution in [3.63, 3.8) is 0 Å². The van der Waals surface area contributed by atoms with Crippen molar-refractivity contribution < 1.29 is 14.3 Å². The van der Waals surface area contributed by atoms with E-state index >= 15 is 0 Å². The molecule has 1 unspecified atom stereocenters. The summed E-state index contributed by atoms with van der Waals surface area (Å²) in [7, 11) is 0. The van der Waals surface area contributed by atoms with Gasteiger partial charge in [0, 0.05) is 27.5 Å². The van der Waals surface area contributed by atoms with Crippen LogP contribution in [0.4, 0.5) is 5.69 Å². The molecule has 2 aromatic rings. The Bertz CT molecular complexity index is 890. The normalized spacial score (nSPS) is 19.9. The molecule has 0 aliphatic carbocycles. The second-order valence-corrected chi connectivity index (χ2v) is 7.30. The lowest BCUT2D eigenvalue weighted by atomic mass is 9.84. The van der Waals surface area contributed by atoms with E-state index in [4.69, 9.17) is 16.3 Å². The summed E-state index contributed by atoms with van der Waals surface area (Å²) < 4.78 is 6.21. The summed E-state index contributed by atoms with van der Waals surface area (Å²) >= 11 is 9.35. The molecule has 0 N–H and O–H groups in total. The molecule has 0 bridgehead atoms. The number of rotatable bonds is 2. The quantitative estimate of drug-likeness (QED) is 0.678. The van der Waals surface area contributed by atoms with Gasteiger partial charge >= 0.3 is 5.97 Å². The Morgan fingerprint density at radius 3 is 2.40 bits per heavy atom. The fourth-order valence-electron chi connectivity index (χ4n) is 3.32. The highest BCUT2D eigenvalue weighted by Gasteiger charge is 2.42. The number of esters is 1. The average molecular weight is 419 g/mol. The van der Waals surface area contributed by atoms with Gasteiger partial charge in [0.2, 0.25) is 5.91 Å². The topological polar surface area (TPSA) is 46.6 Å². The predicted molar refractivity (Wildman–Crippen MR) is 98.4 cm³/mol.